The molecule has 0 aromatic carbocycles. The molecule has 2 heterocycles. The van der Waals surface area contributed by atoms with Crippen molar-refractivity contribution in [1.82, 2.24) is 10.2 Å². The average molecular weight is 222 g/mol. The summed E-state index contributed by atoms with van der Waals surface area (Å²) in [7, 11) is 0. The molecule has 0 radical (unpaired) electrons. The number of nitrogens with zero attached hydrogens (tertiary/aromatic N) is 1. The van der Waals surface area contributed by atoms with E-state index in [0.717, 1.165) is 23.9 Å². The van der Waals surface area contributed by atoms with E-state index >= 15 is 0 Å². The molecule has 1 N–H and O–H groups in total. The quantitative estimate of drug-likeness (QED) is 0.732. The fraction of sp³-hybridized carbons (Fsp3) is 1.00. The second kappa shape index (κ2) is 4.66. The smallest absolute Gasteiger partial charge is 0.0226 e. The Morgan fingerprint density at radius 1 is 1.06 bits per heavy atom. The number of hydrogen-bond donors (Lipinski definition) is 1. The molecule has 92 valence electrons. The third-order valence-corrected chi connectivity index (χ3v) is 5.05. The SMILES string of the molecule is CC1CNCC(N2CCCC3CCCC32)C1. The van der Waals surface area contributed by atoms with Gasteiger partial charge >= 0.3 is 0 Å². The Hall–Kier alpha value is -0.0800. The lowest BCUT2D eigenvalue weighted by molar-refractivity contribution is 0.0467. The van der Waals surface area contributed by atoms with Crippen LogP contribution in [-0.2, 0) is 0 Å². The Morgan fingerprint density at radius 3 is 2.81 bits per heavy atom. The minimum absolute atomic E-state index is 0.842. The van der Waals surface area contributed by atoms with Gasteiger partial charge < -0.3 is 5.32 Å². The van der Waals surface area contributed by atoms with E-state index in [0.29, 0.717) is 0 Å². The Bertz CT molecular complexity index is 241. The first-order chi connectivity index (χ1) is 7.84. The molecular weight excluding hydrogens is 196 g/mol. The summed E-state index contributed by atoms with van der Waals surface area (Å²) in [6, 6.07) is 1.79. The molecule has 1 saturated carbocycles. The summed E-state index contributed by atoms with van der Waals surface area (Å²) in [6.45, 7) is 6.25. The molecule has 3 aliphatic rings. The minimum atomic E-state index is 0.842. The second-order valence-electron chi connectivity index (χ2n) is 6.29. The fourth-order valence-electron chi connectivity index (χ4n) is 4.33. The van der Waals surface area contributed by atoms with Gasteiger partial charge in [-0.3, -0.25) is 4.90 Å². The van der Waals surface area contributed by atoms with Crippen molar-refractivity contribution in [3.05, 3.63) is 0 Å². The van der Waals surface area contributed by atoms with Crippen molar-refractivity contribution in [3.63, 3.8) is 0 Å². The van der Waals surface area contributed by atoms with E-state index in [4.69, 9.17) is 0 Å². The second-order valence-corrected chi connectivity index (χ2v) is 6.29. The van der Waals surface area contributed by atoms with Gasteiger partial charge in [0.05, 0.1) is 0 Å². The van der Waals surface area contributed by atoms with Gasteiger partial charge in [0.15, 0.2) is 0 Å². The lowest BCUT2D eigenvalue weighted by Gasteiger charge is -2.45. The van der Waals surface area contributed by atoms with Crippen LogP contribution >= 0.6 is 0 Å². The highest BCUT2D eigenvalue weighted by molar-refractivity contribution is 4.94. The van der Waals surface area contributed by atoms with Gasteiger partial charge in [-0.2, -0.15) is 0 Å². The lowest BCUT2D eigenvalue weighted by atomic mass is 9.87. The number of fused-ring (bicyclic) bond motifs is 1. The maximum absolute atomic E-state index is 3.62. The van der Waals surface area contributed by atoms with Crippen molar-refractivity contribution in [2.45, 2.75) is 57.5 Å². The molecule has 2 saturated heterocycles. The summed E-state index contributed by atoms with van der Waals surface area (Å²) in [5, 5.41) is 3.62. The molecular formula is C14H26N2. The van der Waals surface area contributed by atoms with Crippen LogP contribution in [0.5, 0.6) is 0 Å². The first-order valence-electron chi connectivity index (χ1n) is 7.31. The van der Waals surface area contributed by atoms with Crippen LogP contribution in [0.25, 0.3) is 0 Å². The third kappa shape index (κ3) is 2.02. The molecule has 0 aromatic rings. The molecule has 0 spiro atoms. The molecule has 3 fully saturated rings. The van der Waals surface area contributed by atoms with Crippen LogP contribution in [0.4, 0.5) is 0 Å². The van der Waals surface area contributed by atoms with Gasteiger partial charge in [-0.1, -0.05) is 13.3 Å². The summed E-state index contributed by atoms with van der Waals surface area (Å²) in [4.78, 5) is 2.88. The van der Waals surface area contributed by atoms with Crippen LogP contribution in [0.3, 0.4) is 0 Å². The van der Waals surface area contributed by atoms with Gasteiger partial charge in [-0.15, -0.1) is 0 Å². The number of piperidine rings is 2. The van der Waals surface area contributed by atoms with Crippen molar-refractivity contribution in [3.8, 4) is 0 Å². The van der Waals surface area contributed by atoms with Crippen molar-refractivity contribution < 1.29 is 0 Å². The highest BCUT2D eigenvalue weighted by Gasteiger charge is 2.38. The number of hydrogen-bond acceptors (Lipinski definition) is 2. The van der Waals surface area contributed by atoms with Gasteiger partial charge in [0, 0.05) is 18.6 Å². The first kappa shape index (κ1) is 11.0. The summed E-state index contributed by atoms with van der Waals surface area (Å²) in [6.07, 6.45) is 8.87. The molecule has 2 aliphatic heterocycles. The predicted octanol–water partition coefficient (Wildman–Crippen LogP) is 2.25. The predicted molar refractivity (Wildman–Crippen MR) is 67.5 cm³/mol. The molecule has 4 atom stereocenters. The maximum Gasteiger partial charge on any atom is 0.0226 e. The zero-order chi connectivity index (χ0) is 11.0. The van der Waals surface area contributed by atoms with E-state index < -0.39 is 0 Å². The van der Waals surface area contributed by atoms with E-state index in [9.17, 15) is 0 Å². The molecule has 0 bridgehead atoms. The Labute approximate surface area is 99.8 Å². The van der Waals surface area contributed by atoms with Gasteiger partial charge in [-0.05, 0) is 57.0 Å². The molecule has 3 rings (SSSR count). The Balaban J connectivity index is 1.67. The van der Waals surface area contributed by atoms with Crippen LogP contribution in [0.15, 0.2) is 0 Å². The Kier molecular flexibility index (Phi) is 3.21. The molecule has 1 aliphatic carbocycles. The van der Waals surface area contributed by atoms with Gasteiger partial charge in [-0.25, -0.2) is 0 Å². The highest BCUT2D eigenvalue weighted by Crippen LogP contribution is 2.38. The van der Waals surface area contributed by atoms with Crippen molar-refractivity contribution in [2.75, 3.05) is 19.6 Å². The first-order valence-corrected chi connectivity index (χ1v) is 7.31. The Morgan fingerprint density at radius 2 is 1.94 bits per heavy atom. The largest absolute Gasteiger partial charge is 0.315 e. The maximum atomic E-state index is 3.62. The summed E-state index contributed by atoms with van der Waals surface area (Å²) >= 11 is 0. The molecule has 2 nitrogen and oxygen atoms in total. The number of nitrogens with one attached hydrogen (secondary N) is 1. The van der Waals surface area contributed by atoms with E-state index in [1.165, 1.54) is 58.2 Å². The normalized spacial score (nSPS) is 45.6. The van der Waals surface area contributed by atoms with Crippen LogP contribution < -0.4 is 5.32 Å². The number of rotatable bonds is 1. The van der Waals surface area contributed by atoms with Crippen LogP contribution in [0.2, 0.25) is 0 Å². The molecule has 16 heavy (non-hydrogen) atoms. The highest BCUT2D eigenvalue weighted by atomic mass is 15.2. The summed E-state index contributed by atoms with van der Waals surface area (Å²) in [5.41, 5.74) is 0. The van der Waals surface area contributed by atoms with Gasteiger partial charge in [0.1, 0.15) is 0 Å². The zero-order valence-electron chi connectivity index (χ0n) is 10.6. The minimum Gasteiger partial charge on any atom is -0.315 e. The van der Waals surface area contributed by atoms with E-state index in [-0.39, 0.29) is 0 Å². The monoisotopic (exact) mass is 222 g/mol. The fourth-order valence-corrected chi connectivity index (χ4v) is 4.33. The van der Waals surface area contributed by atoms with Crippen molar-refractivity contribution in [1.29, 1.82) is 0 Å². The van der Waals surface area contributed by atoms with Crippen LogP contribution in [-0.4, -0.2) is 36.6 Å². The van der Waals surface area contributed by atoms with Crippen molar-refractivity contribution in [2.24, 2.45) is 11.8 Å². The van der Waals surface area contributed by atoms with E-state index in [2.05, 4.69) is 17.1 Å². The topological polar surface area (TPSA) is 15.3 Å². The lowest BCUT2D eigenvalue weighted by Crippen LogP contribution is -2.55. The summed E-state index contributed by atoms with van der Waals surface area (Å²) < 4.78 is 0. The summed E-state index contributed by atoms with van der Waals surface area (Å²) in [5.74, 6) is 1.92. The zero-order valence-corrected chi connectivity index (χ0v) is 10.6. The van der Waals surface area contributed by atoms with Gasteiger partial charge in [0.2, 0.25) is 0 Å². The number of likely N-dealkylation sites (tertiary alicyclic amines) is 1. The van der Waals surface area contributed by atoms with Crippen molar-refractivity contribution >= 4 is 0 Å². The van der Waals surface area contributed by atoms with E-state index in [1.807, 2.05) is 0 Å². The standard InChI is InChI=1S/C14H26N2/c1-11-8-13(10-15-9-11)16-7-3-5-12-4-2-6-14(12)16/h11-15H,2-10H2,1H3. The molecule has 0 aromatic heterocycles. The van der Waals surface area contributed by atoms with Gasteiger partial charge in [0.25, 0.3) is 0 Å². The van der Waals surface area contributed by atoms with E-state index in [1.54, 1.807) is 0 Å². The van der Waals surface area contributed by atoms with Crippen LogP contribution in [0, 0.1) is 11.8 Å². The third-order valence-electron chi connectivity index (χ3n) is 5.05. The molecule has 4 unspecified atom stereocenters. The van der Waals surface area contributed by atoms with Crippen LogP contribution in [0.1, 0.15) is 45.4 Å². The molecule has 0 amide bonds. The average Bonchev–Trinajstić information content (AvgIpc) is 2.76. The molecule has 2 heteroatoms.